The lowest BCUT2D eigenvalue weighted by atomic mass is 10.1. The van der Waals surface area contributed by atoms with E-state index >= 15 is 0 Å². The molecule has 5 nitrogen and oxygen atoms in total. The molecular weight excluding hydrogens is 348 g/mol. The van der Waals surface area contributed by atoms with Gasteiger partial charge in [0.25, 0.3) is 0 Å². The van der Waals surface area contributed by atoms with Crippen LogP contribution >= 0.6 is 0 Å². The molecule has 0 bridgehead atoms. The van der Waals surface area contributed by atoms with Gasteiger partial charge in [-0.2, -0.15) is 4.31 Å². The van der Waals surface area contributed by atoms with Crippen molar-refractivity contribution >= 4 is 15.9 Å². The van der Waals surface area contributed by atoms with Gasteiger partial charge in [-0.25, -0.2) is 8.42 Å². The molecule has 2 rings (SSSR count). The number of nitrogens with one attached hydrogen (secondary N) is 1. The first-order chi connectivity index (χ1) is 12.3. The van der Waals surface area contributed by atoms with Crippen LogP contribution in [-0.2, 0) is 27.8 Å². The molecule has 0 aliphatic heterocycles. The Morgan fingerprint density at radius 2 is 1.54 bits per heavy atom. The normalized spacial score (nSPS) is 12.7. The number of carbonyl (C=O) groups is 1. The van der Waals surface area contributed by atoms with Gasteiger partial charge in [0.1, 0.15) is 0 Å². The Kier molecular flexibility index (Phi) is 7.36. The van der Waals surface area contributed by atoms with Crippen molar-refractivity contribution in [1.82, 2.24) is 9.62 Å². The first-order valence-electron chi connectivity index (χ1n) is 8.67. The molecule has 0 fully saturated rings. The van der Waals surface area contributed by atoms with Crippen LogP contribution in [0.4, 0.5) is 0 Å². The average Bonchev–Trinajstić information content (AvgIpc) is 2.60. The van der Waals surface area contributed by atoms with E-state index in [2.05, 4.69) is 17.4 Å². The summed E-state index contributed by atoms with van der Waals surface area (Å²) in [5, 5.41) is 2.89. The molecule has 0 saturated carbocycles. The zero-order valence-corrected chi connectivity index (χ0v) is 16.1. The zero-order chi connectivity index (χ0) is 19.0. The van der Waals surface area contributed by atoms with Crippen molar-refractivity contribution in [3.8, 4) is 0 Å². The molecule has 0 saturated heterocycles. The van der Waals surface area contributed by atoms with Crippen LogP contribution < -0.4 is 5.32 Å². The van der Waals surface area contributed by atoms with Gasteiger partial charge in [0.2, 0.25) is 15.9 Å². The van der Waals surface area contributed by atoms with Crippen molar-refractivity contribution in [2.45, 2.75) is 32.4 Å². The molecule has 1 amide bonds. The van der Waals surface area contributed by atoms with Gasteiger partial charge in [-0.3, -0.25) is 4.79 Å². The third kappa shape index (κ3) is 6.98. The van der Waals surface area contributed by atoms with Crippen LogP contribution in [0.3, 0.4) is 0 Å². The molecule has 0 radical (unpaired) electrons. The molecule has 140 valence electrons. The minimum absolute atomic E-state index is 0.0270. The van der Waals surface area contributed by atoms with Crippen LogP contribution in [0.1, 0.15) is 24.5 Å². The molecule has 1 atom stereocenters. The Bertz CT molecular complexity index is 792. The second-order valence-corrected chi connectivity index (χ2v) is 8.49. The fourth-order valence-corrected chi connectivity index (χ4v) is 3.39. The van der Waals surface area contributed by atoms with Crippen molar-refractivity contribution in [1.29, 1.82) is 0 Å². The zero-order valence-electron chi connectivity index (χ0n) is 15.3. The summed E-state index contributed by atoms with van der Waals surface area (Å²) in [7, 11) is -3.48. The number of sulfonamides is 1. The van der Waals surface area contributed by atoms with Crippen molar-refractivity contribution in [2.24, 2.45) is 0 Å². The van der Waals surface area contributed by atoms with E-state index in [4.69, 9.17) is 0 Å². The second-order valence-electron chi connectivity index (χ2n) is 6.51. The van der Waals surface area contributed by atoms with Crippen molar-refractivity contribution < 1.29 is 13.2 Å². The summed E-state index contributed by atoms with van der Waals surface area (Å²) in [6, 6.07) is 19.3. The highest BCUT2D eigenvalue weighted by atomic mass is 32.2. The Morgan fingerprint density at radius 3 is 2.08 bits per heavy atom. The van der Waals surface area contributed by atoms with E-state index in [0.717, 1.165) is 24.7 Å². The third-order valence-electron chi connectivity index (χ3n) is 4.11. The minimum Gasteiger partial charge on any atom is -0.352 e. The fourth-order valence-electron chi connectivity index (χ4n) is 2.66. The molecule has 0 spiro atoms. The lowest BCUT2D eigenvalue weighted by molar-refractivity contribution is -0.122. The number of nitrogens with zero attached hydrogens (tertiary/aromatic N) is 1. The van der Waals surface area contributed by atoms with E-state index in [1.165, 1.54) is 9.87 Å². The molecule has 26 heavy (non-hydrogen) atoms. The molecule has 6 heteroatoms. The highest BCUT2D eigenvalue weighted by Gasteiger charge is 2.21. The van der Waals surface area contributed by atoms with Gasteiger partial charge in [-0.15, -0.1) is 0 Å². The van der Waals surface area contributed by atoms with Crippen LogP contribution in [0.15, 0.2) is 60.7 Å². The number of rotatable bonds is 9. The Balaban J connectivity index is 1.88. The van der Waals surface area contributed by atoms with Crippen LogP contribution in [-0.4, -0.2) is 37.5 Å². The van der Waals surface area contributed by atoms with Gasteiger partial charge in [0, 0.05) is 12.6 Å². The highest BCUT2D eigenvalue weighted by molar-refractivity contribution is 7.88. The summed E-state index contributed by atoms with van der Waals surface area (Å²) in [6.07, 6.45) is 2.79. The average molecular weight is 375 g/mol. The van der Waals surface area contributed by atoms with Crippen molar-refractivity contribution in [3.05, 3.63) is 71.8 Å². The van der Waals surface area contributed by atoms with E-state index in [1.54, 1.807) is 0 Å². The molecule has 2 aromatic carbocycles. The summed E-state index contributed by atoms with van der Waals surface area (Å²) in [6.45, 7) is 1.94. The maximum absolute atomic E-state index is 12.3. The van der Waals surface area contributed by atoms with Gasteiger partial charge >= 0.3 is 0 Å². The van der Waals surface area contributed by atoms with E-state index in [-0.39, 0.29) is 25.0 Å². The maximum Gasteiger partial charge on any atom is 0.235 e. The molecule has 0 aliphatic carbocycles. The van der Waals surface area contributed by atoms with Crippen LogP contribution in [0.5, 0.6) is 0 Å². The lowest BCUT2D eigenvalue weighted by Gasteiger charge is -2.21. The molecule has 0 heterocycles. The Hall–Kier alpha value is -2.18. The number of hydrogen-bond donors (Lipinski definition) is 1. The lowest BCUT2D eigenvalue weighted by Crippen LogP contribution is -2.42. The fraction of sp³-hybridized carbons (Fsp3) is 0.350. The van der Waals surface area contributed by atoms with Gasteiger partial charge in [0.15, 0.2) is 0 Å². The molecule has 0 aliphatic rings. The number of amides is 1. The van der Waals surface area contributed by atoms with Gasteiger partial charge < -0.3 is 5.32 Å². The largest absolute Gasteiger partial charge is 0.352 e. The van der Waals surface area contributed by atoms with E-state index in [9.17, 15) is 13.2 Å². The number of carbonyl (C=O) groups excluding carboxylic acids is 1. The quantitative estimate of drug-likeness (QED) is 0.734. The predicted octanol–water partition coefficient (Wildman–Crippen LogP) is 2.59. The van der Waals surface area contributed by atoms with Gasteiger partial charge in [0.05, 0.1) is 12.8 Å². The first-order valence-corrected chi connectivity index (χ1v) is 10.5. The van der Waals surface area contributed by atoms with E-state index < -0.39 is 10.0 Å². The molecule has 0 aromatic heterocycles. The van der Waals surface area contributed by atoms with Gasteiger partial charge in [-0.1, -0.05) is 60.7 Å². The topological polar surface area (TPSA) is 66.5 Å². The number of aryl methyl sites for hydroxylation is 1. The Morgan fingerprint density at radius 1 is 1.00 bits per heavy atom. The molecule has 0 unspecified atom stereocenters. The second kappa shape index (κ2) is 9.50. The van der Waals surface area contributed by atoms with Crippen LogP contribution in [0.2, 0.25) is 0 Å². The molecular formula is C20H26N2O3S. The SMILES string of the molecule is C[C@@H](CCc1ccccc1)NC(=O)CN(Cc1ccccc1)S(C)(=O)=O. The Labute approximate surface area is 156 Å². The van der Waals surface area contributed by atoms with Crippen molar-refractivity contribution in [3.63, 3.8) is 0 Å². The predicted molar refractivity (Wildman–Crippen MR) is 104 cm³/mol. The third-order valence-corrected chi connectivity index (χ3v) is 5.30. The summed E-state index contributed by atoms with van der Waals surface area (Å²) < 4.78 is 25.2. The summed E-state index contributed by atoms with van der Waals surface area (Å²) in [4.78, 5) is 12.3. The van der Waals surface area contributed by atoms with E-state index in [1.807, 2.05) is 55.5 Å². The van der Waals surface area contributed by atoms with Crippen LogP contribution in [0.25, 0.3) is 0 Å². The maximum atomic E-state index is 12.3. The first kappa shape index (κ1) is 20.1. The summed E-state index contributed by atoms with van der Waals surface area (Å²) in [5.41, 5.74) is 2.07. The van der Waals surface area contributed by atoms with Gasteiger partial charge in [-0.05, 0) is 30.9 Å². The molecule has 2 aromatic rings. The standard InChI is InChI=1S/C20H26N2O3S/c1-17(13-14-18-9-5-3-6-10-18)21-20(23)16-22(26(2,24)25)15-19-11-7-4-8-12-19/h3-12,17H,13-16H2,1-2H3,(H,21,23)/t17-/m0/s1. The number of hydrogen-bond acceptors (Lipinski definition) is 3. The van der Waals surface area contributed by atoms with Crippen LogP contribution in [0, 0.1) is 0 Å². The smallest absolute Gasteiger partial charge is 0.235 e. The number of benzene rings is 2. The van der Waals surface area contributed by atoms with E-state index in [0.29, 0.717) is 0 Å². The minimum atomic E-state index is -3.48. The summed E-state index contributed by atoms with van der Waals surface area (Å²) >= 11 is 0. The molecule has 1 N–H and O–H groups in total. The highest BCUT2D eigenvalue weighted by Crippen LogP contribution is 2.09. The summed E-state index contributed by atoms with van der Waals surface area (Å²) in [5.74, 6) is -0.285. The monoisotopic (exact) mass is 374 g/mol. The van der Waals surface area contributed by atoms with Crippen molar-refractivity contribution in [2.75, 3.05) is 12.8 Å².